The number of aromatic carboxylic acids is 1. The second-order valence-corrected chi connectivity index (χ2v) is 6.58. The molecule has 0 radical (unpaired) electrons. The predicted octanol–water partition coefficient (Wildman–Crippen LogP) is 4.01. The van der Waals surface area contributed by atoms with Gasteiger partial charge in [0.2, 0.25) is 5.91 Å². The molecule has 0 bridgehead atoms. The van der Waals surface area contributed by atoms with Gasteiger partial charge in [0.25, 0.3) is 0 Å². The van der Waals surface area contributed by atoms with Gasteiger partial charge in [0.05, 0.1) is 16.6 Å². The van der Waals surface area contributed by atoms with Crippen molar-refractivity contribution < 1.29 is 19.1 Å². The molecular weight excluding hydrogens is 353 g/mol. The molecule has 1 aliphatic rings. The first-order chi connectivity index (χ1) is 11.4. The summed E-state index contributed by atoms with van der Waals surface area (Å²) in [6.07, 6.45) is 0.712. The van der Waals surface area contributed by atoms with Crippen LogP contribution in [0.4, 0.5) is 0 Å². The summed E-state index contributed by atoms with van der Waals surface area (Å²) < 4.78 is 5.34. The number of carboxylic acid groups (broad SMARTS) is 1. The molecule has 0 saturated heterocycles. The highest BCUT2D eigenvalue weighted by molar-refractivity contribution is 6.42. The summed E-state index contributed by atoms with van der Waals surface area (Å²) >= 11 is 12.2. The quantitative estimate of drug-likeness (QED) is 0.836. The lowest BCUT2D eigenvalue weighted by molar-refractivity contribution is -0.122. The van der Waals surface area contributed by atoms with Crippen molar-refractivity contribution >= 4 is 35.1 Å². The van der Waals surface area contributed by atoms with Gasteiger partial charge in [0.15, 0.2) is 0 Å². The first kappa shape index (κ1) is 16.9. The standard InChI is InChI=1S/C17H15Cl2NO4/c1-8-11(17(22)23)5-9(24-8)7-20-16(21)13-6-12(13)10-3-2-4-14(18)15(10)19/h2-5,12-13H,6-7H2,1H3,(H,20,21)(H,22,23). The van der Waals surface area contributed by atoms with Gasteiger partial charge in [-0.05, 0) is 37.0 Å². The Labute approximate surface area is 148 Å². The number of benzene rings is 1. The maximum absolute atomic E-state index is 12.2. The Morgan fingerprint density at radius 2 is 2.12 bits per heavy atom. The predicted molar refractivity (Wildman–Crippen MR) is 89.6 cm³/mol. The van der Waals surface area contributed by atoms with Crippen molar-refractivity contribution in [2.45, 2.75) is 25.8 Å². The Kier molecular flexibility index (Phi) is 4.56. The Hall–Kier alpha value is -1.98. The van der Waals surface area contributed by atoms with E-state index in [4.69, 9.17) is 32.7 Å². The third-order valence-electron chi connectivity index (χ3n) is 4.14. The number of hydrogen-bond donors (Lipinski definition) is 2. The number of amides is 1. The van der Waals surface area contributed by atoms with Crippen LogP contribution in [0.15, 0.2) is 28.7 Å². The molecule has 7 heteroatoms. The molecule has 1 fully saturated rings. The molecule has 2 unspecified atom stereocenters. The zero-order chi connectivity index (χ0) is 17.4. The number of carbonyl (C=O) groups is 2. The zero-order valence-corrected chi connectivity index (χ0v) is 14.3. The SMILES string of the molecule is Cc1oc(CNC(=O)C2CC2c2cccc(Cl)c2Cl)cc1C(=O)O. The molecular formula is C17H15Cl2NO4. The molecule has 1 saturated carbocycles. The highest BCUT2D eigenvalue weighted by atomic mass is 35.5. The number of furan rings is 1. The minimum Gasteiger partial charge on any atom is -0.478 e. The molecule has 0 spiro atoms. The third-order valence-corrected chi connectivity index (χ3v) is 4.98. The maximum Gasteiger partial charge on any atom is 0.339 e. The minimum absolute atomic E-state index is 0.0594. The second-order valence-electron chi connectivity index (χ2n) is 5.80. The molecule has 2 N–H and O–H groups in total. The fourth-order valence-corrected chi connectivity index (χ4v) is 3.23. The third kappa shape index (κ3) is 3.28. The topological polar surface area (TPSA) is 79.5 Å². The number of halogens is 2. The largest absolute Gasteiger partial charge is 0.478 e. The van der Waals surface area contributed by atoms with Crippen LogP contribution >= 0.6 is 23.2 Å². The molecule has 1 aliphatic carbocycles. The van der Waals surface area contributed by atoms with Gasteiger partial charge in [-0.3, -0.25) is 4.79 Å². The monoisotopic (exact) mass is 367 g/mol. The van der Waals surface area contributed by atoms with Crippen molar-refractivity contribution in [1.29, 1.82) is 0 Å². The number of nitrogens with one attached hydrogen (secondary N) is 1. The van der Waals surface area contributed by atoms with Crippen molar-refractivity contribution in [3.63, 3.8) is 0 Å². The molecule has 1 aromatic heterocycles. The molecule has 24 heavy (non-hydrogen) atoms. The summed E-state index contributed by atoms with van der Waals surface area (Å²) in [6.45, 7) is 1.73. The van der Waals surface area contributed by atoms with E-state index in [9.17, 15) is 9.59 Å². The molecule has 2 atom stereocenters. The highest BCUT2D eigenvalue weighted by Crippen LogP contribution is 2.50. The van der Waals surface area contributed by atoms with Crippen LogP contribution in [0.1, 0.15) is 39.8 Å². The Morgan fingerprint density at radius 3 is 2.79 bits per heavy atom. The van der Waals surface area contributed by atoms with E-state index in [0.29, 0.717) is 28.0 Å². The van der Waals surface area contributed by atoms with Gasteiger partial charge >= 0.3 is 5.97 Å². The molecule has 2 aromatic rings. The van der Waals surface area contributed by atoms with Crippen molar-refractivity contribution in [1.82, 2.24) is 5.32 Å². The maximum atomic E-state index is 12.2. The van der Waals surface area contributed by atoms with E-state index >= 15 is 0 Å². The van der Waals surface area contributed by atoms with E-state index in [2.05, 4.69) is 5.32 Å². The average molecular weight is 368 g/mol. The lowest BCUT2D eigenvalue weighted by Gasteiger charge is -2.06. The van der Waals surface area contributed by atoms with Gasteiger partial charge in [-0.2, -0.15) is 0 Å². The summed E-state index contributed by atoms with van der Waals surface area (Å²) in [5.41, 5.74) is 0.987. The van der Waals surface area contributed by atoms with Crippen LogP contribution in [0.3, 0.4) is 0 Å². The van der Waals surface area contributed by atoms with Crippen LogP contribution in [-0.4, -0.2) is 17.0 Å². The van der Waals surface area contributed by atoms with Gasteiger partial charge in [0.1, 0.15) is 17.1 Å². The van der Waals surface area contributed by atoms with E-state index < -0.39 is 5.97 Å². The van der Waals surface area contributed by atoms with Gasteiger partial charge in [-0.15, -0.1) is 0 Å². The van der Waals surface area contributed by atoms with Gasteiger partial charge < -0.3 is 14.8 Å². The smallest absolute Gasteiger partial charge is 0.339 e. The van der Waals surface area contributed by atoms with Crippen LogP contribution < -0.4 is 5.32 Å². The second kappa shape index (κ2) is 6.49. The molecule has 5 nitrogen and oxygen atoms in total. The summed E-state index contributed by atoms with van der Waals surface area (Å²) in [6, 6.07) is 6.83. The Bertz CT molecular complexity index is 815. The summed E-state index contributed by atoms with van der Waals surface area (Å²) in [5.74, 6) is -0.522. The van der Waals surface area contributed by atoms with Crippen molar-refractivity contribution in [3.05, 3.63) is 57.0 Å². The van der Waals surface area contributed by atoms with Crippen LogP contribution in [0, 0.1) is 12.8 Å². The number of rotatable bonds is 5. The average Bonchev–Trinajstić information content (AvgIpc) is 3.23. The van der Waals surface area contributed by atoms with Gasteiger partial charge in [0, 0.05) is 5.92 Å². The van der Waals surface area contributed by atoms with Crippen molar-refractivity contribution in [2.75, 3.05) is 0 Å². The van der Waals surface area contributed by atoms with Crippen LogP contribution in [0.5, 0.6) is 0 Å². The molecule has 0 aliphatic heterocycles. The van der Waals surface area contributed by atoms with Crippen LogP contribution in [0.25, 0.3) is 0 Å². The summed E-state index contributed by atoms with van der Waals surface area (Å²) in [4.78, 5) is 23.2. The molecule has 1 aromatic carbocycles. The Balaban J connectivity index is 1.60. The van der Waals surface area contributed by atoms with E-state index in [1.54, 1.807) is 13.0 Å². The molecule has 1 heterocycles. The van der Waals surface area contributed by atoms with Gasteiger partial charge in [-0.25, -0.2) is 4.79 Å². The first-order valence-corrected chi connectivity index (χ1v) is 8.18. The fourth-order valence-electron chi connectivity index (χ4n) is 2.78. The first-order valence-electron chi connectivity index (χ1n) is 7.42. The van der Waals surface area contributed by atoms with Crippen LogP contribution in [-0.2, 0) is 11.3 Å². The summed E-state index contributed by atoms with van der Waals surface area (Å²) in [7, 11) is 0. The fraction of sp³-hybridized carbons (Fsp3) is 0.294. The van der Waals surface area contributed by atoms with Crippen LogP contribution in [0.2, 0.25) is 10.0 Å². The number of aryl methyl sites for hydroxylation is 1. The van der Waals surface area contributed by atoms with E-state index in [0.717, 1.165) is 5.56 Å². The minimum atomic E-state index is -1.05. The van der Waals surface area contributed by atoms with E-state index in [1.807, 2.05) is 12.1 Å². The molecule has 126 valence electrons. The van der Waals surface area contributed by atoms with Crippen molar-refractivity contribution in [3.8, 4) is 0 Å². The van der Waals surface area contributed by atoms with Crippen molar-refractivity contribution in [2.24, 2.45) is 5.92 Å². The summed E-state index contributed by atoms with van der Waals surface area (Å²) in [5, 5.41) is 12.7. The van der Waals surface area contributed by atoms with E-state index in [-0.39, 0.29) is 29.9 Å². The van der Waals surface area contributed by atoms with E-state index in [1.165, 1.54) is 6.07 Å². The number of carboxylic acids is 1. The number of hydrogen-bond acceptors (Lipinski definition) is 3. The Morgan fingerprint density at radius 1 is 1.38 bits per heavy atom. The van der Waals surface area contributed by atoms with Gasteiger partial charge in [-0.1, -0.05) is 35.3 Å². The molecule has 1 amide bonds. The lowest BCUT2D eigenvalue weighted by Crippen LogP contribution is -2.24. The zero-order valence-electron chi connectivity index (χ0n) is 12.8. The lowest BCUT2D eigenvalue weighted by atomic mass is 10.1. The molecule has 3 rings (SSSR count). The highest BCUT2D eigenvalue weighted by Gasteiger charge is 2.45. The number of carbonyl (C=O) groups excluding carboxylic acids is 1. The normalized spacial score (nSPS) is 19.1.